The SMILES string of the molecule is CC[C@@H](C)[C@H](NC(=O)[C@@H]1CCCN1[P@](=O)(OC)[C@@H](Cc1ccccc1)NC(=O)[C@H](CC(N)=O)NC(=O)OC(C)(C)C)C(=O)NCC(C)C. The van der Waals surface area contributed by atoms with Gasteiger partial charge in [-0.05, 0) is 51.0 Å². The summed E-state index contributed by atoms with van der Waals surface area (Å²) in [7, 11) is -2.82. The van der Waals surface area contributed by atoms with Crippen LogP contribution in [-0.4, -0.2) is 84.1 Å². The highest BCUT2D eigenvalue weighted by atomic mass is 31.2. The van der Waals surface area contributed by atoms with Crippen molar-refractivity contribution in [2.45, 2.75) is 110 Å². The summed E-state index contributed by atoms with van der Waals surface area (Å²) >= 11 is 0. The number of ether oxygens (including phenoxy) is 1. The monoisotopic (exact) mass is 694 g/mol. The third-order valence-electron chi connectivity index (χ3n) is 8.01. The lowest BCUT2D eigenvalue weighted by molar-refractivity contribution is -0.132. The molecule has 6 N–H and O–H groups in total. The van der Waals surface area contributed by atoms with Gasteiger partial charge in [-0.2, -0.15) is 0 Å². The molecule has 270 valence electrons. The van der Waals surface area contributed by atoms with E-state index in [0.717, 1.165) is 0 Å². The Morgan fingerprint density at radius 2 is 1.67 bits per heavy atom. The number of primary amides is 1. The summed E-state index contributed by atoms with van der Waals surface area (Å²) in [6, 6.07) is 5.80. The first-order chi connectivity index (χ1) is 22.4. The number of rotatable bonds is 17. The van der Waals surface area contributed by atoms with Crippen molar-refractivity contribution in [2.75, 3.05) is 20.2 Å². The van der Waals surface area contributed by atoms with Crippen molar-refractivity contribution >= 4 is 37.2 Å². The van der Waals surface area contributed by atoms with Crippen molar-refractivity contribution < 1.29 is 37.8 Å². The van der Waals surface area contributed by atoms with Gasteiger partial charge in [-0.3, -0.25) is 23.7 Å². The Bertz CT molecular complexity index is 1300. The average Bonchev–Trinajstić information content (AvgIpc) is 3.51. The van der Waals surface area contributed by atoms with Crippen LogP contribution in [0, 0.1) is 11.8 Å². The first-order valence-electron chi connectivity index (χ1n) is 16.5. The van der Waals surface area contributed by atoms with Crippen molar-refractivity contribution in [3.63, 3.8) is 0 Å². The van der Waals surface area contributed by atoms with Crippen LogP contribution in [-0.2, 0) is 39.4 Å². The molecule has 1 aromatic carbocycles. The molecule has 2 rings (SSSR count). The third kappa shape index (κ3) is 12.2. The van der Waals surface area contributed by atoms with Gasteiger partial charge >= 0.3 is 6.09 Å². The molecule has 1 aromatic rings. The molecule has 1 fully saturated rings. The number of hydrogen-bond donors (Lipinski definition) is 5. The van der Waals surface area contributed by atoms with Crippen LogP contribution in [0.5, 0.6) is 0 Å². The van der Waals surface area contributed by atoms with Gasteiger partial charge in [0, 0.05) is 26.6 Å². The van der Waals surface area contributed by atoms with Gasteiger partial charge < -0.3 is 36.3 Å². The quantitative estimate of drug-likeness (QED) is 0.152. The largest absolute Gasteiger partial charge is 0.444 e. The third-order valence-corrected chi connectivity index (χ3v) is 10.8. The lowest BCUT2D eigenvalue weighted by Crippen LogP contribution is -2.56. The maximum atomic E-state index is 15.0. The zero-order valence-corrected chi connectivity index (χ0v) is 30.4. The van der Waals surface area contributed by atoms with E-state index in [9.17, 15) is 24.0 Å². The standard InChI is InChI=1S/C33H55N6O8P/c1-9-22(4)28(31(43)35-20-21(2)3)38-30(42)25-16-13-17-39(25)48(45,46-8)27(18-23-14-11-10-12-15-23)37-29(41)24(19-26(34)40)36-32(44)47-33(5,6)7/h10-12,14-15,21-22,24-25,27-28H,9,13,16-20H2,1-8H3,(H2,34,40)(H,35,43)(H,36,44)(H,37,41)(H,38,42)/t22-,24+,25+,27+,28+,48-/m1/s1. The summed E-state index contributed by atoms with van der Waals surface area (Å²) in [5.74, 6) is -3.62. The molecule has 1 saturated heterocycles. The van der Waals surface area contributed by atoms with Crippen molar-refractivity contribution in [2.24, 2.45) is 17.6 Å². The van der Waals surface area contributed by atoms with Crippen LogP contribution < -0.4 is 27.0 Å². The summed E-state index contributed by atoms with van der Waals surface area (Å²) in [6.45, 7) is 13.4. The average molecular weight is 695 g/mol. The van der Waals surface area contributed by atoms with E-state index in [1.54, 1.807) is 45.0 Å². The minimum Gasteiger partial charge on any atom is -0.444 e. The normalized spacial score (nSPS) is 18.9. The molecule has 0 aromatic heterocycles. The number of nitrogens with two attached hydrogens (primary N) is 1. The van der Waals surface area contributed by atoms with Gasteiger partial charge in [0.05, 0.1) is 12.5 Å². The van der Waals surface area contributed by atoms with Gasteiger partial charge in [-0.1, -0.05) is 64.4 Å². The van der Waals surface area contributed by atoms with Gasteiger partial charge in [-0.25, -0.2) is 9.46 Å². The lowest BCUT2D eigenvalue weighted by atomic mass is 9.97. The minimum atomic E-state index is -4.07. The van der Waals surface area contributed by atoms with Crippen LogP contribution in [0.4, 0.5) is 4.79 Å². The number of nitrogens with one attached hydrogen (secondary N) is 4. The first-order valence-corrected chi connectivity index (χ1v) is 18.2. The molecule has 0 unspecified atom stereocenters. The Kier molecular flexibility index (Phi) is 15.5. The summed E-state index contributed by atoms with van der Waals surface area (Å²) in [5.41, 5.74) is 5.24. The molecule has 1 aliphatic heterocycles. The van der Waals surface area contributed by atoms with Crippen molar-refractivity contribution in [3.05, 3.63) is 35.9 Å². The van der Waals surface area contributed by atoms with Crippen molar-refractivity contribution in [1.82, 2.24) is 25.9 Å². The summed E-state index contributed by atoms with van der Waals surface area (Å²) in [5, 5.41) is 10.9. The molecule has 0 saturated carbocycles. The van der Waals surface area contributed by atoms with E-state index in [-0.39, 0.29) is 30.7 Å². The maximum absolute atomic E-state index is 15.0. The number of amides is 5. The zero-order valence-electron chi connectivity index (χ0n) is 29.5. The molecule has 1 heterocycles. The van der Waals surface area contributed by atoms with Gasteiger partial charge in [0.25, 0.3) is 7.52 Å². The molecule has 0 spiro atoms. The molecule has 0 radical (unpaired) electrons. The second kappa shape index (κ2) is 18.3. The Labute approximate surface area is 284 Å². The van der Waals surface area contributed by atoms with E-state index >= 15 is 4.57 Å². The fraction of sp³-hybridized carbons (Fsp3) is 0.667. The Balaban J connectivity index is 2.44. The lowest BCUT2D eigenvalue weighted by Gasteiger charge is -2.37. The van der Waals surface area contributed by atoms with Crippen LogP contribution in [0.25, 0.3) is 0 Å². The van der Waals surface area contributed by atoms with Gasteiger partial charge in [0.1, 0.15) is 23.5 Å². The number of carbonyl (C=O) groups is 5. The zero-order chi connectivity index (χ0) is 36.2. The molecule has 15 heteroatoms. The molecule has 0 aliphatic carbocycles. The number of hydrogen-bond acceptors (Lipinski definition) is 8. The summed E-state index contributed by atoms with van der Waals surface area (Å²) in [4.78, 5) is 65.1. The smallest absolute Gasteiger partial charge is 0.408 e. The number of carbonyl (C=O) groups excluding carboxylic acids is 5. The van der Waals surface area contributed by atoms with E-state index in [2.05, 4.69) is 21.3 Å². The predicted octanol–water partition coefficient (Wildman–Crippen LogP) is 3.05. The van der Waals surface area contributed by atoms with E-state index in [1.807, 2.05) is 33.8 Å². The fourth-order valence-corrected chi connectivity index (χ4v) is 7.92. The highest BCUT2D eigenvalue weighted by Crippen LogP contribution is 2.57. The summed E-state index contributed by atoms with van der Waals surface area (Å²) in [6.07, 6.45) is 0.0329. The second-order valence-electron chi connectivity index (χ2n) is 13.7. The topological polar surface area (TPSA) is 198 Å². The van der Waals surface area contributed by atoms with Gasteiger partial charge in [-0.15, -0.1) is 0 Å². The van der Waals surface area contributed by atoms with Crippen LogP contribution in [0.15, 0.2) is 30.3 Å². The molecular formula is C33H55N6O8P. The number of benzene rings is 1. The molecule has 6 atom stereocenters. The van der Waals surface area contributed by atoms with Crippen LogP contribution in [0.3, 0.4) is 0 Å². The molecular weight excluding hydrogens is 639 g/mol. The Morgan fingerprint density at radius 1 is 1.02 bits per heavy atom. The van der Waals surface area contributed by atoms with Crippen molar-refractivity contribution in [1.29, 1.82) is 0 Å². The second-order valence-corrected chi connectivity index (χ2v) is 16.3. The number of nitrogens with zero attached hydrogens (tertiary/aromatic N) is 1. The molecule has 0 bridgehead atoms. The van der Waals surface area contributed by atoms with E-state index in [0.29, 0.717) is 31.4 Å². The molecule has 14 nitrogen and oxygen atoms in total. The molecule has 1 aliphatic rings. The highest BCUT2D eigenvalue weighted by Gasteiger charge is 2.49. The summed E-state index contributed by atoms with van der Waals surface area (Å²) < 4.78 is 27.5. The molecule has 5 amide bonds. The van der Waals surface area contributed by atoms with Crippen LogP contribution in [0.2, 0.25) is 0 Å². The highest BCUT2D eigenvalue weighted by molar-refractivity contribution is 7.57. The van der Waals surface area contributed by atoms with E-state index in [1.165, 1.54) is 11.8 Å². The fourth-order valence-electron chi connectivity index (χ4n) is 5.34. The van der Waals surface area contributed by atoms with Crippen molar-refractivity contribution in [3.8, 4) is 0 Å². The Morgan fingerprint density at radius 3 is 2.21 bits per heavy atom. The molecule has 48 heavy (non-hydrogen) atoms. The Hall–Kier alpha value is -3.48. The van der Waals surface area contributed by atoms with Gasteiger partial charge in [0.15, 0.2) is 0 Å². The van der Waals surface area contributed by atoms with E-state index < -0.39 is 67.3 Å². The van der Waals surface area contributed by atoms with E-state index in [4.69, 9.17) is 15.0 Å². The van der Waals surface area contributed by atoms with Crippen LogP contribution >= 0.6 is 7.52 Å². The van der Waals surface area contributed by atoms with Gasteiger partial charge in [0.2, 0.25) is 23.6 Å². The maximum Gasteiger partial charge on any atom is 0.408 e. The first kappa shape index (κ1) is 40.7. The number of alkyl carbamates (subject to hydrolysis) is 1. The minimum absolute atomic E-state index is 0.0331. The van der Waals surface area contributed by atoms with Crippen LogP contribution in [0.1, 0.15) is 79.7 Å². The predicted molar refractivity (Wildman–Crippen MR) is 183 cm³/mol.